The van der Waals surface area contributed by atoms with Crippen LogP contribution in [-0.4, -0.2) is 40.9 Å². The molecule has 0 saturated heterocycles. The average Bonchev–Trinajstić information content (AvgIpc) is 3.89. The maximum Gasteiger partial charge on any atom is 0.164 e. The third-order valence-corrected chi connectivity index (χ3v) is 8.21. The molecule has 9 heteroatoms. The Morgan fingerprint density at radius 1 is 0.392 bits per heavy atom. The van der Waals surface area contributed by atoms with Crippen LogP contribution in [-0.2, 0) is 6.67 Å². The Balaban J connectivity index is 0.000000624. The van der Waals surface area contributed by atoms with E-state index in [1.165, 1.54) is 0 Å². The number of hydrogen-bond donors (Lipinski definition) is 0. The highest BCUT2D eigenvalue weighted by Gasteiger charge is 2.29. The number of nitrogens with zero attached hydrogens (tertiary/aromatic N) is 8. The smallest absolute Gasteiger partial charge is 0.164 e. The van der Waals surface area contributed by atoms with Crippen molar-refractivity contribution in [3.05, 3.63) is 130 Å². The highest BCUT2D eigenvalue weighted by Crippen LogP contribution is 2.40. The molecule has 0 amide bonds. The minimum absolute atomic E-state index is 0. The lowest BCUT2D eigenvalue weighted by atomic mass is 10.1. The van der Waals surface area contributed by atoms with Gasteiger partial charge in [0, 0.05) is 53.6 Å². The van der Waals surface area contributed by atoms with Gasteiger partial charge in [-0.25, -0.2) is 30.0 Å². The highest BCUT2D eigenvalue weighted by atomic mass is 15.3. The number of benzene rings is 4. The highest BCUT2D eigenvalue weighted by molar-refractivity contribution is 6.25. The number of aliphatic imine (C=N–C) groups is 4. The molecule has 0 N–H and O–H groups in total. The third kappa shape index (κ3) is 6.07. The Hall–Kier alpha value is -5.70. The number of rotatable bonds is 0. The zero-order chi connectivity index (χ0) is 34.7. The van der Waals surface area contributed by atoms with Crippen molar-refractivity contribution in [1.29, 1.82) is 0 Å². The van der Waals surface area contributed by atoms with Crippen molar-refractivity contribution in [2.24, 2.45) is 30.0 Å². The molecule has 0 aliphatic carbocycles. The van der Waals surface area contributed by atoms with Crippen molar-refractivity contribution >= 4 is 64.9 Å². The monoisotopic (exact) mass is 676 g/mol. The largest absolute Gasteiger partial charge is 0.291 e. The second kappa shape index (κ2) is 16.3. The van der Waals surface area contributed by atoms with Gasteiger partial charge >= 0.3 is 0 Å². The molecule has 3 radical (unpaired) electrons. The van der Waals surface area contributed by atoms with Crippen LogP contribution >= 0.6 is 0 Å². The van der Waals surface area contributed by atoms with Crippen molar-refractivity contribution in [3.8, 4) is 0 Å². The van der Waals surface area contributed by atoms with Crippen molar-refractivity contribution in [2.75, 3.05) is 0 Å². The molecule has 4 aliphatic heterocycles. The van der Waals surface area contributed by atoms with Crippen LogP contribution in [0, 0.1) is 0 Å². The molecule has 0 unspecified atom stereocenters. The fourth-order valence-electron chi connectivity index (χ4n) is 6.35. The number of aromatic nitrogens is 2. The molecular weight excluding hydrogens is 627 g/mol. The van der Waals surface area contributed by atoms with E-state index in [9.17, 15) is 0 Å². The van der Waals surface area contributed by atoms with Crippen molar-refractivity contribution in [3.63, 3.8) is 0 Å². The maximum absolute atomic E-state index is 5.22. The minimum atomic E-state index is 0. The standard InChI is InChI=1S/C33H18N8.4C2H6.CH4.B.H2/c1-2-10-19-18(9-1)26-34-27(19)37-31-24-15-7-8-16-25(24)33-39-29-21-12-4-3-11-20(21)28(35-29)38-32-23-14-6-5-13-22(23)30(36-26)40(32)17-41(31)33;4*1-2;;;/h1-16H,17H2;4*1-2H3;1H4;;1H/i;;;;;;;1+1. The molecular formula is C42H48BN8. The van der Waals surface area contributed by atoms with Crippen LogP contribution in [0.3, 0.4) is 0 Å². The Morgan fingerprint density at radius 2 is 0.686 bits per heavy atom. The fourth-order valence-corrected chi connectivity index (χ4v) is 6.35. The molecule has 4 aliphatic rings. The van der Waals surface area contributed by atoms with E-state index >= 15 is 0 Å². The first-order valence-electron chi connectivity index (χ1n) is 17.5. The van der Waals surface area contributed by atoms with Crippen LogP contribution in [0.5, 0.6) is 0 Å². The Morgan fingerprint density at radius 3 is 1.04 bits per heavy atom. The Bertz CT molecular complexity index is 2300. The summed E-state index contributed by atoms with van der Waals surface area (Å²) in [6.07, 6.45) is 0. The number of amidine groups is 4. The quantitative estimate of drug-likeness (QED) is 0.144. The average molecular weight is 677 g/mol. The van der Waals surface area contributed by atoms with Crippen LogP contribution in [0.1, 0.15) is 86.5 Å². The van der Waals surface area contributed by atoms with E-state index in [-0.39, 0.29) is 17.3 Å². The molecule has 0 spiro atoms. The zero-order valence-corrected chi connectivity index (χ0v) is 30.1. The molecule has 6 heterocycles. The molecule has 51 heavy (non-hydrogen) atoms. The van der Waals surface area contributed by atoms with Gasteiger partial charge in [0.15, 0.2) is 23.3 Å². The van der Waals surface area contributed by atoms with Crippen LogP contribution in [0.2, 0.25) is 0 Å². The lowest BCUT2D eigenvalue weighted by Gasteiger charge is -2.12. The summed E-state index contributed by atoms with van der Waals surface area (Å²) in [5, 5.41) is 4.02. The SMILES string of the molecule is C.CC.CC.CC.CC.[2HH].[B].c1ccc2c(c1)C1=NC2=Nc2c3ccccc3c3n2Cn2c(c4ccccc4c2=NC2=NC(=N3)c3ccccc32)=N1. The van der Waals surface area contributed by atoms with E-state index in [1.54, 1.807) is 0 Å². The summed E-state index contributed by atoms with van der Waals surface area (Å²) in [5.41, 5.74) is 5.45. The second-order valence-corrected chi connectivity index (χ2v) is 10.4. The summed E-state index contributed by atoms with van der Waals surface area (Å²) < 4.78 is 4.31. The molecule has 6 bridgehead atoms. The molecule has 259 valence electrons. The second-order valence-electron chi connectivity index (χ2n) is 10.4. The van der Waals surface area contributed by atoms with E-state index in [1.807, 2.05) is 104 Å². The molecule has 0 atom stereocenters. The van der Waals surface area contributed by atoms with E-state index in [0.717, 1.165) is 66.4 Å². The Kier molecular flexibility index (Phi) is 12.2. The van der Waals surface area contributed by atoms with Crippen LogP contribution in [0.4, 0.5) is 11.6 Å². The number of hydrogen-bond acceptors (Lipinski definition) is 6. The minimum Gasteiger partial charge on any atom is -0.291 e. The maximum atomic E-state index is 5.22. The predicted octanol–water partition coefficient (Wildman–Crippen LogP) is 9.65. The van der Waals surface area contributed by atoms with Gasteiger partial charge in [0.25, 0.3) is 0 Å². The first kappa shape index (κ1) is 38.1. The Labute approximate surface area is 304 Å². The van der Waals surface area contributed by atoms with Gasteiger partial charge in [0.1, 0.15) is 29.3 Å². The predicted molar refractivity (Wildman–Crippen MR) is 220 cm³/mol. The number of fused-ring (bicyclic) bond motifs is 14. The molecule has 10 rings (SSSR count). The van der Waals surface area contributed by atoms with Gasteiger partial charge in [-0.2, -0.15) is 0 Å². The van der Waals surface area contributed by atoms with Crippen molar-refractivity contribution < 1.29 is 1.43 Å². The van der Waals surface area contributed by atoms with E-state index < -0.39 is 0 Å². The summed E-state index contributed by atoms with van der Waals surface area (Å²) in [6.45, 7) is 16.4. The first-order chi connectivity index (χ1) is 24.3. The van der Waals surface area contributed by atoms with Crippen molar-refractivity contribution in [2.45, 2.75) is 69.5 Å². The van der Waals surface area contributed by atoms with Gasteiger partial charge in [-0.15, -0.1) is 0 Å². The molecule has 0 fully saturated rings. The summed E-state index contributed by atoms with van der Waals surface area (Å²) in [4.78, 5) is 30.9. The normalized spacial score (nSPS) is 13.1. The van der Waals surface area contributed by atoms with Gasteiger partial charge < -0.3 is 0 Å². The van der Waals surface area contributed by atoms with Gasteiger partial charge in [0.2, 0.25) is 0 Å². The molecule has 2 aromatic heterocycles. The topological polar surface area (TPSA) is 84.0 Å². The van der Waals surface area contributed by atoms with Gasteiger partial charge in [-0.3, -0.25) is 9.13 Å². The van der Waals surface area contributed by atoms with E-state index in [4.69, 9.17) is 30.0 Å². The molecule has 4 aromatic carbocycles. The van der Waals surface area contributed by atoms with Crippen LogP contribution in [0.15, 0.2) is 127 Å². The van der Waals surface area contributed by atoms with Crippen LogP contribution in [0.25, 0.3) is 21.5 Å². The van der Waals surface area contributed by atoms with E-state index in [0.29, 0.717) is 30.0 Å². The van der Waals surface area contributed by atoms with Gasteiger partial charge in [-0.1, -0.05) is 160 Å². The molecule has 0 saturated carbocycles. The van der Waals surface area contributed by atoms with E-state index in [2.05, 4.69) is 57.7 Å². The third-order valence-electron chi connectivity index (χ3n) is 8.21. The zero-order valence-electron chi connectivity index (χ0n) is 30.1. The molecule has 8 nitrogen and oxygen atoms in total. The lowest BCUT2D eigenvalue weighted by Crippen LogP contribution is -2.32. The van der Waals surface area contributed by atoms with Gasteiger partial charge in [-0.05, 0) is 0 Å². The fraction of sp³-hybridized carbons (Fsp3) is 0.238. The van der Waals surface area contributed by atoms with Crippen molar-refractivity contribution in [1.82, 2.24) is 9.13 Å². The molecule has 6 aromatic rings. The summed E-state index contributed by atoms with van der Waals surface area (Å²) in [5.74, 6) is 4.18. The van der Waals surface area contributed by atoms with Crippen LogP contribution < -0.4 is 11.0 Å². The summed E-state index contributed by atoms with van der Waals surface area (Å²) in [6, 6.07) is 32.9. The lowest BCUT2D eigenvalue weighted by molar-refractivity contribution is 0.584. The van der Waals surface area contributed by atoms with Gasteiger partial charge in [0.05, 0.1) is 0 Å². The summed E-state index contributed by atoms with van der Waals surface area (Å²) in [7, 11) is 0. The summed E-state index contributed by atoms with van der Waals surface area (Å²) >= 11 is 0. The first-order valence-corrected chi connectivity index (χ1v) is 17.5.